The molecule has 0 spiro atoms. The van der Waals surface area contributed by atoms with Crippen molar-refractivity contribution in [2.45, 2.75) is 50.4 Å². The molecular formula is C31H29BrN2O2. The lowest BCUT2D eigenvalue weighted by atomic mass is 9.65. The molecule has 2 atom stereocenters. The van der Waals surface area contributed by atoms with E-state index in [-0.39, 0.29) is 11.8 Å². The first-order chi connectivity index (χ1) is 17.5. The van der Waals surface area contributed by atoms with Crippen molar-refractivity contribution in [1.82, 2.24) is 0 Å². The van der Waals surface area contributed by atoms with Gasteiger partial charge in [0.15, 0.2) is 0 Å². The van der Waals surface area contributed by atoms with Gasteiger partial charge in [0.2, 0.25) is 5.91 Å². The number of carbonyl (C=O) groups excluding carboxylic acids is 1. The lowest BCUT2D eigenvalue weighted by molar-refractivity contribution is -0.118. The Morgan fingerprint density at radius 3 is 2.81 bits per heavy atom. The minimum Gasteiger partial charge on any atom is -0.507 e. The molecule has 0 bridgehead atoms. The van der Waals surface area contributed by atoms with E-state index in [0.717, 1.165) is 82.3 Å². The number of hydrogen-bond acceptors (Lipinski definition) is 3. The zero-order valence-electron chi connectivity index (χ0n) is 20.4. The standard InChI is InChI=1S/C31H29BrN2O2/c1-18-24(32)10-11-25-26(18)27(30(36)33-25)31(13-12-19-6-2-3-9-23(19)31)17-21-16-20-7-4-14-34-15-5-8-22(28(20)34)29(21)35/h2-3,6,9-13,16,27,35H,4-5,7-8,14-15,17H2,1H3,(H,33,36). The third-order valence-electron chi connectivity index (χ3n) is 8.85. The van der Waals surface area contributed by atoms with Crippen LogP contribution in [0.1, 0.15) is 57.7 Å². The molecule has 0 radical (unpaired) electrons. The van der Waals surface area contributed by atoms with Crippen LogP contribution in [0, 0.1) is 6.92 Å². The van der Waals surface area contributed by atoms with E-state index >= 15 is 0 Å². The van der Waals surface area contributed by atoms with E-state index in [9.17, 15) is 9.90 Å². The van der Waals surface area contributed by atoms with E-state index in [1.54, 1.807) is 0 Å². The molecule has 182 valence electrons. The predicted octanol–water partition coefficient (Wildman–Crippen LogP) is 6.41. The lowest BCUT2D eigenvalue weighted by Crippen LogP contribution is -2.38. The van der Waals surface area contributed by atoms with Gasteiger partial charge < -0.3 is 15.3 Å². The van der Waals surface area contributed by atoms with Crippen molar-refractivity contribution in [3.05, 3.63) is 92.0 Å². The number of rotatable bonds is 3. The number of nitrogens with zero attached hydrogens (tertiary/aromatic N) is 1. The Morgan fingerprint density at radius 2 is 1.94 bits per heavy atom. The average molecular weight is 541 g/mol. The van der Waals surface area contributed by atoms with Crippen LogP contribution in [0.2, 0.25) is 0 Å². The maximum absolute atomic E-state index is 13.8. The van der Waals surface area contributed by atoms with Crippen molar-refractivity contribution in [3.8, 4) is 5.75 Å². The van der Waals surface area contributed by atoms with Crippen LogP contribution in [-0.2, 0) is 29.5 Å². The Hall–Kier alpha value is -3.05. The molecule has 36 heavy (non-hydrogen) atoms. The number of benzene rings is 3. The molecule has 4 aliphatic rings. The number of amides is 1. The second kappa shape index (κ2) is 7.97. The van der Waals surface area contributed by atoms with Crippen LogP contribution in [0.5, 0.6) is 5.75 Å². The molecule has 1 aliphatic carbocycles. The fourth-order valence-electron chi connectivity index (χ4n) is 7.27. The number of aromatic hydroxyl groups is 1. The normalized spacial score (nSPS) is 23.3. The van der Waals surface area contributed by atoms with Crippen molar-refractivity contribution in [3.63, 3.8) is 0 Å². The molecule has 2 N–H and O–H groups in total. The Kier molecular flexibility index (Phi) is 4.91. The topological polar surface area (TPSA) is 52.6 Å². The zero-order chi connectivity index (χ0) is 24.6. The molecular weight excluding hydrogens is 512 g/mol. The summed E-state index contributed by atoms with van der Waals surface area (Å²) in [7, 11) is 0. The van der Waals surface area contributed by atoms with Crippen molar-refractivity contribution >= 4 is 39.3 Å². The van der Waals surface area contributed by atoms with Gasteiger partial charge in [-0.1, -0.05) is 58.4 Å². The third-order valence-corrected chi connectivity index (χ3v) is 9.71. The molecule has 0 aromatic heterocycles. The number of halogens is 1. The van der Waals surface area contributed by atoms with Gasteiger partial charge in [-0.25, -0.2) is 0 Å². The van der Waals surface area contributed by atoms with Crippen molar-refractivity contribution < 1.29 is 9.90 Å². The number of nitrogens with one attached hydrogen (secondary N) is 1. The second-order valence-corrected chi connectivity index (χ2v) is 11.6. The predicted molar refractivity (Wildman–Crippen MR) is 148 cm³/mol. The highest BCUT2D eigenvalue weighted by atomic mass is 79.9. The molecule has 3 aromatic rings. The Labute approximate surface area is 220 Å². The first-order valence-corrected chi connectivity index (χ1v) is 13.8. The van der Waals surface area contributed by atoms with Crippen LogP contribution < -0.4 is 10.2 Å². The van der Waals surface area contributed by atoms with Gasteiger partial charge in [0, 0.05) is 39.9 Å². The highest BCUT2D eigenvalue weighted by Gasteiger charge is 2.51. The number of aryl methyl sites for hydroxylation is 1. The molecule has 5 heteroatoms. The van der Waals surface area contributed by atoms with Crippen molar-refractivity contribution in [2.24, 2.45) is 0 Å². The molecule has 3 aliphatic heterocycles. The number of phenols is 1. The lowest BCUT2D eigenvalue weighted by Gasteiger charge is -2.39. The van der Waals surface area contributed by atoms with E-state index < -0.39 is 5.41 Å². The van der Waals surface area contributed by atoms with Crippen LogP contribution in [0.3, 0.4) is 0 Å². The maximum atomic E-state index is 13.8. The number of hydrogen-bond donors (Lipinski definition) is 2. The van der Waals surface area contributed by atoms with Gasteiger partial charge in [0.05, 0.1) is 5.92 Å². The minimum absolute atomic E-state index is 0.0255. The quantitative estimate of drug-likeness (QED) is 0.403. The summed E-state index contributed by atoms with van der Waals surface area (Å²) < 4.78 is 1.01. The summed E-state index contributed by atoms with van der Waals surface area (Å²) in [5.41, 5.74) is 9.45. The molecule has 3 heterocycles. The molecule has 2 unspecified atom stereocenters. The maximum Gasteiger partial charge on any atom is 0.233 e. The summed E-state index contributed by atoms with van der Waals surface area (Å²) >= 11 is 3.70. The van der Waals surface area contributed by atoms with Gasteiger partial charge in [-0.15, -0.1) is 0 Å². The monoisotopic (exact) mass is 540 g/mol. The Bertz CT molecular complexity index is 1470. The molecule has 7 rings (SSSR count). The molecule has 3 aromatic carbocycles. The third kappa shape index (κ3) is 3.02. The molecule has 0 saturated carbocycles. The van der Waals surface area contributed by atoms with Crippen LogP contribution in [-0.4, -0.2) is 24.1 Å². The van der Waals surface area contributed by atoms with E-state index in [1.165, 1.54) is 11.3 Å². The number of phenolic OH excluding ortho intramolecular Hbond substituents is 1. The molecule has 1 amide bonds. The summed E-state index contributed by atoms with van der Waals surface area (Å²) in [4.78, 5) is 16.2. The summed E-state index contributed by atoms with van der Waals surface area (Å²) in [5, 5.41) is 14.8. The van der Waals surface area contributed by atoms with Crippen molar-refractivity contribution in [1.29, 1.82) is 0 Å². The van der Waals surface area contributed by atoms with Gasteiger partial charge in [-0.3, -0.25) is 4.79 Å². The number of fused-ring (bicyclic) bond motifs is 2. The fraction of sp³-hybridized carbons (Fsp3) is 0.323. The van der Waals surface area contributed by atoms with Gasteiger partial charge >= 0.3 is 0 Å². The average Bonchev–Trinajstić information content (AvgIpc) is 3.43. The van der Waals surface area contributed by atoms with E-state index in [1.807, 2.05) is 12.1 Å². The van der Waals surface area contributed by atoms with Gasteiger partial charge in [0.25, 0.3) is 0 Å². The number of carbonyl (C=O) groups is 1. The highest BCUT2D eigenvalue weighted by molar-refractivity contribution is 9.10. The summed E-state index contributed by atoms with van der Waals surface area (Å²) in [6.45, 7) is 4.24. The molecule has 4 nitrogen and oxygen atoms in total. The van der Waals surface area contributed by atoms with E-state index in [4.69, 9.17) is 0 Å². The van der Waals surface area contributed by atoms with Gasteiger partial charge in [-0.05, 0) is 84.5 Å². The minimum atomic E-state index is -0.584. The van der Waals surface area contributed by atoms with Crippen LogP contribution in [0.4, 0.5) is 11.4 Å². The smallest absolute Gasteiger partial charge is 0.233 e. The Morgan fingerprint density at radius 1 is 1.14 bits per heavy atom. The number of allylic oxidation sites excluding steroid dienone is 1. The fourth-order valence-corrected chi connectivity index (χ4v) is 7.62. The summed E-state index contributed by atoms with van der Waals surface area (Å²) in [5.74, 6) is 0.0767. The van der Waals surface area contributed by atoms with E-state index in [2.05, 4.69) is 75.6 Å². The SMILES string of the molecule is Cc1c(Br)ccc2c1C(C1(Cc3cc4c5c(c3O)CCCN5CCC4)C=Cc3ccccc31)C(=O)N2. The summed E-state index contributed by atoms with van der Waals surface area (Å²) in [6.07, 6.45) is 9.15. The van der Waals surface area contributed by atoms with Gasteiger partial charge in [0.1, 0.15) is 5.75 Å². The first-order valence-electron chi connectivity index (χ1n) is 13.0. The van der Waals surface area contributed by atoms with Gasteiger partial charge in [-0.2, -0.15) is 0 Å². The number of anilines is 2. The molecule has 0 saturated heterocycles. The van der Waals surface area contributed by atoms with E-state index in [0.29, 0.717) is 12.2 Å². The summed E-state index contributed by atoms with van der Waals surface area (Å²) in [6, 6.07) is 14.7. The van der Waals surface area contributed by atoms with Crippen LogP contribution in [0.15, 0.2) is 53.0 Å². The van der Waals surface area contributed by atoms with Crippen LogP contribution in [0.25, 0.3) is 6.08 Å². The largest absolute Gasteiger partial charge is 0.507 e. The zero-order valence-corrected chi connectivity index (χ0v) is 22.0. The molecule has 0 fully saturated rings. The first kappa shape index (κ1) is 22.2. The highest BCUT2D eigenvalue weighted by Crippen LogP contribution is 2.55. The van der Waals surface area contributed by atoms with Crippen LogP contribution >= 0.6 is 15.9 Å². The van der Waals surface area contributed by atoms with Crippen molar-refractivity contribution in [2.75, 3.05) is 23.3 Å². The Balaban J connectivity index is 1.44. The second-order valence-electron chi connectivity index (χ2n) is 10.8.